The summed E-state index contributed by atoms with van der Waals surface area (Å²) in [5, 5.41) is 10.1. The summed E-state index contributed by atoms with van der Waals surface area (Å²) >= 11 is 0. The van der Waals surface area contributed by atoms with E-state index in [-0.39, 0.29) is 11.8 Å². The average Bonchev–Trinajstić information content (AvgIpc) is 3.57. The summed E-state index contributed by atoms with van der Waals surface area (Å²) in [7, 11) is 3.63. The molecule has 8 heteroatoms. The second-order valence-corrected chi connectivity index (χ2v) is 9.05. The summed E-state index contributed by atoms with van der Waals surface area (Å²) < 4.78 is 3.42. The van der Waals surface area contributed by atoms with Crippen LogP contribution in [-0.4, -0.2) is 37.2 Å². The molecule has 190 valence electrons. The maximum absolute atomic E-state index is 13.9. The fourth-order valence-corrected chi connectivity index (χ4v) is 4.59. The van der Waals surface area contributed by atoms with E-state index in [0.717, 1.165) is 22.4 Å². The molecule has 1 atom stereocenters. The van der Waals surface area contributed by atoms with E-state index in [1.165, 1.54) is 4.68 Å². The number of amides is 2. The molecule has 2 amide bonds. The zero-order valence-electron chi connectivity index (χ0n) is 21.2. The van der Waals surface area contributed by atoms with E-state index in [9.17, 15) is 9.59 Å². The van der Waals surface area contributed by atoms with E-state index in [2.05, 4.69) is 20.7 Å². The van der Waals surface area contributed by atoms with Crippen molar-refractivity contribution in [3.05, 3.63) is 127 Å². The van der Waals surface area contributed by atoms with Crippen LogP contribution in [0.1, 0.15) is 27.5 Å². The molecule has 5 rings (SSSR count). The summed E-state index contributed by atoms with van der Waals surface area (Å²) in [5.74, 6) is -1.14. The molecule has 5 aromatic rings. The number of carbonyl (C=O) groups excluding carboxylic acids is 2. The van der Waals surface area contributed by atoms with Gasteiger partial charge in [0.1, 0.15) is 11.7 Å². The Bertz CT molecular complexity index is 1480. The molecule has 38 heavy (non-hydrogen) atoms. The number of nitrogens with one attached hydrogen (secondary N) is 2. The van der Waals surface area contributed by atoms with Crippen LogP contribution in [0, 0.1) is 0 Å². The lowest BCUT2D eigenvalue weighted by Crippen LogP contribution is -2.48. The maximum atomic E-state index is 13.9. The molecule has 2 aromatic heterocycles. The Kier molecular flexibility index (Phi) is 7.13. The third-order valence-electron chi connectivity index (χ3n) is 6.54. The molecular formula is C30H28N6O2. The highest BCUT2D eigenvalue weighted by Gasteiger charge is 2.33. The SMILES string of the molecule is Cn1cncc1-c1ccc(NC(=O)C(NC(=O)c2ccnn2C)C(c2ccccc2)c2ccccc2)cc1. The Morgan fingerprint density at radius 1 is 0.816 bits per heavy atom. The highest BCUT2D eigenvalue weighted by atomic mass is 16.2. The predicted molar refractivity (Wildman–Crippen MR) is 146 cm³/mol. The number of hydrogen-bond donors (Lipinski definition) is 2. The second kappa shape index (κ2) is 11.0. The van der Waals surface area contributed by atoms with Gasteiger partial charge in [-0.15, -0.1) is 0 Å². The first kappa shape index (κ1) is 24.7. The van der Waals surface area contributed by atoms with Crippen LogP contribution in [0.25, 0.3) is 11.3 Å². The van der Waals surface area contributed by atoms with Crippen molar-refractivity contribution in [2.24, 2.45) is 14.1 Å². The smallest absolute Gasteiger partial charge is 0.270 e. The summed E-state index contributed by atoms with van der Waals surface area (Å²) in [4.78, 5) is 31.4. The molecule has 2 heterocycles. The fourth-order valence-electron chi connectivity index (χ4n) is 4.59. The average molecular weight is 505 g/mol. The van der Waals surface area contributed by atoms with Crippen molar-refractivity contribution in [1.82, 2.24) is 24.6 Å². The molecule has 0 aliphatic rings. The number of aromatic nitrogens is 4. The minimum absolute atomic E-state index is 0.327. The fraction of sp³-hybridized carbons (Fsp3) is 0.133. The lowest BCUT2D eigenvalue weighted by molar-refractivity contribution is -0.118. The summed E-state index contributed by atoms with van der Waals surface area (Å²) in [6.45, 7) is 0. The number of rotatable bonds is 8. The van der Waals surface area contributed by atoms with E-state index in [1.54, 1.807) is 31.8 Å². The number of aryl methyl sites for hydroxylation is 2. The van der Waals surface area contributed by atoms with Gasteiger partial charge in [0.2, 0.25) is 5.91 Å². The zero-order valence-corrected chi connectivity index (χ0v) is 21.2. The van der Waals surface area contributed by atoms with Crippen LogP contribution in [0.15, 0.2) is 110 Å². The van der Waals surface area contributed by atoms with Crippen molar-refractivity contribution in [2.45, 2.75) is 12.0 Å². The summed E-state index contributed by atoms with van der Waals surface area (Å²) in [6.07, 6.45) is 5.09. The van der Waals surface area contributed by atoms with Crippen molar-refractivity contribution < 1.29 is 9.59 Å². The molecule has 8 nitrogen and oxygen atoms in total. The number of benzene rings is 3. The molecule has 0 spiro atoms. The van der Waals surface area contributed by atoms with Crippen LogP contribution in [0.5, 0.6) is 0 Å². The van der Waals surface area contributed by atoms with Crippen LogP contribution >= 0.6 is 0 Å². The van der Waals surface area contributed by atoms with E-state index in [0.29, 0.717) is 11.4 Å². The van der Waals surface area contributed by atoms with Crippen molar-refractivity contribution in [1.29, 1.82) is 0 Å². The minimum Gasteiger partial charge on any atom is -0.338 e. The van der Waals surface area contributed by atoms with Crippen molar-refractivity contribution in [2.75, 3.05) is 5.32 Å². The van der Waals surface area contributed by atoms with Crippen molar-refractivity contribution in [3.63, 3.8) is 0 Å². The van der Waals surface area contributed by atoms with Gasteiger partial charge in [0.15, 0.2) is 0 Å². The number of anilines is 1. The summed E-state index contributed by atoms with van der Waals surface area (Å²) in [5.41, 5.74) is 4.77. The Morgan fingerprint density at radius 2 is 1.45 bits per heavy atom. The molecule has 3 aromatic carbocycles. The Labute approximate surface area is 221 Å². The van der Waals surface area contributed by atoms with Crippen molar-refractivity contribution >= 4 is 17.5 Å². The standard InChI is InChI=1S/C30H28N6O2/c1-35-20-31-19-26(35)21-13-15-24(16-14-21)33-30(38)28(34-29(37)25-17-18-32-36(25)2)27(22-9-5-3-6-10-22)23-11-7-4-8-12-23/h3-20,27-28H,1-2H3,(H,33,38)(H,34,37). The number of carbonyl (C=O) groups is 2. The van der Waals surface area contributed by atoms with Crippen LogP contribution in [0.3, 0.4) is 0 Å². The highest BCUT2D eigenvalue weighted by molar-refractivity contribution is 6.01. The molecule has 1 unspecified atom stereocenters. The van der Waals surface area contributed by atoms with E-state index in [1.807, 2.05) is 96.5 Å². The van der Waals surface area contributed by atoms with Gasteiger partial charge in [-0.3, -0.25) is 14.3 Å². The largest absolute Gasteiger partial charge is 0.338 e. The van der Waals surface area contributed by atoms with Gasteiger partial charge in [0.05, 0.1) is 18.2 Å². The van der Waals surface area contributed by atoms with Gasteiger partial charge in [0.25, 0.3) is 5.91 Å². The Hall–Kier alpha value is -4.98. The van der Waals surface area contributed by atoms with Gasteiger partial charge in [-0.2, -0.15) is 5.10 Å². The number of hydrogen-bond acceptors (Lipinski definition) is 4. The van der Waals surface area contributed by atoms with Gasteiger partial charge in [-0.25, -0.2) is 4.98 Å². The number of imidazole rings is 1. The normalized spacial score (nSPS) is 11.8. The number of nitrogens with zero attached hydrogens (tertiary/aromatic N) is 4. The molecule has 0 aliphatic heterocycles. The monoisotopic (exact) mass is 504 g/mol. The van der Waals surface area contributed by atoms with Crippen molar-refractivity contribution in [3.8, 4) is 11.3 Å². The first-order valence-corrected chi connectivity index (χ1v) is 12.3. The lowest BCUT2D eigenvalue weighted by Gasteiger charge is -2.28. The third-order valence-corrected chi connectivity index (χ3v) is 6.54. The molecule has 0 bridgehead atoms. The summed E-state index contributed by atoms with van der Waals surface area (Å²) in [6, 6.07) is 27.7. The third kappa shape index (κ3) is 5.24. The van der Waals surface area contributed by atoms with Crippen LogP contribution < -0.4 is 10.6 Å². The van der Waals surface area contributed by atoms with Crippen LogP contribution in [0.4, 0.5) is 5.69 Å². The Morgan fingerprint density at radius 3 is 1.97 bits per heavy atom. The van der Waals surface area contributed by atoms with Crippen LogP contribution in [-0.2, 0) is 18.9 Å². The first-order chi connectivity index (χ1) is 18.5. The Balaban J connectivity index is 1.49. The highest BCUT2D eigenvalue weighted by Crippen LogP contribution is 2.30. The van der Waals surface area contributed by atoms with Gasteiger partial charge in [-0.05, 0) is 34.9 Å². The predicted octanol–water partition coefficient (Wildman–Crippen LogP) is 4.39. The zero-order chi connectivity index (χ0) is 26.5. The molecule has 0 saturated carbocycles. The van der Waals surface area contributed by atoms with E-state index >= 15 is 0 Å². The minimum atomic E-state index is -0.904. The van der Waals surface area contributed by atoms with Gasteiger partial charge in [-0.1, -0.05) is 72.8 Å². The molecule has 0 saturated heterocycles. The molecular weight excluding hydrogens is 476 g/mol. The van der Waals surface area contributed by atoms with E-state index < -0.39 is 12.0 Å². The topological polar surface area (TPSA) is 93.8 Å². The van der Waals surface area contributed by atoms with E-state index in [4.69, 9.17) is 0 Å². The van der Waals surface area contributed by atoms with Gasteiger partial charge < -0.3 is 15.2 Å². The molecule has 2 N–H and O–H groups in total. The second-order valence-electron chi connectivity index (χ2n) is 9.05. The van der Waals surface area contributed by atoms with Crippen LogP contribution in [0.2, 0.25) is 0 Å². The van der Waals surface area contributed by atoms with Gasteiger partial charge in [0, 0.05) is 31.9 Å². The lowest BCUT2D eigenvalue weighted by atomic mass is 9.84. The van der Waals surface area contributed by atoms with Gasteiger partial charge >= 0.3 is 0 Å². The first-order valence-electron chi connectivity index (χ1n) is 12.3. The quantitative estimate of drug-likeness (QED) is 0.328. The maximum Gasteiger partial charge on any atom is 0.270 e. The molecule has 0 radical (unpaired) electrons. The molecule has 0 aliphatic carbocycles. The molecule has 0 fully saturated rings.